The van der Waals surface area contributed by atoms with Gasteiger partial charge in [-0.2, -0.15) is 10.4 Å². The van der Waals surface area contributed by atoms with Crippen molar-refractivity contribution >= 4 is 5.91 Å². The van der Waals surface area contributed by atoms with Crippen LogP contribution in [0, 0.1) is 11.5 Å². The highest BCUT2D eigenvalue weighted by molar-refractivity contribution is 5.94. The summed E-state index contributed by atoms with van der Waals surface area (Å²) in [6, 6.07) is 12.9. The van der Waals surface area contributed by atoms with Crippen LogP contribution in [0.5, 0.6) is 0 Å². The van der Waals surface area contributed by atoms with E-state index in [0.29, 0.717) is 25.2 Å². The van der Waals surface area contributed by atoms with Crippen molar-refractivity contribution in [2.45, 2.75) is 19.6 Å². The van der Waals surface area contributed by atoms with Gasteiger partial charge in [0.1, 0.15) is 0 Å². The average Bonchev–Trinajstić information content (AvgIpc) is 3.27. The molecule has 0 unspecified atom stereocenters. The number of amides is 1. The van der Waals surface area contributed by atoms with E-state index in [4.69, 9.17) is 5.26 Å². The molecule has 0 fully saturated rings. The van der Waals surface area contributed by atoms with Crippen molar-refractivity contribution in [2.75, 3.05) is 0 Å². The van der Waals surface area contributed by atoms with Gasteiger partial charge < -0.3 is 10.2 Å². The summed E-state index contributed by atoms with van der Waals surface area (Å²) >= 11 is 0. The van der Waals surface area contributed by atoms with Gasteiger partial charge in [-0.05, 0) is 30.3 Å². The number of benzene rings is 1. The molecule has 7 nitrogen and oxygen atoms in total. The fraction of sp³-hybridized carbons (Fsp3) is 0.158. The van der Waals surface area contributed by atoms with Crippen molar-refractivity contribution in [3.8, 4) is 11.9 Å². The molecule has 0 bridgehead atoms. The predicted octanol–water partition coefficient (Wildman–Crippen LogP) is 1.99. The van der Waals surface area contributed by atoms with E-state index in [1.54, 1.807) is 34.1 Å². The zero-order valence-electron chi connectivity index (χ0n) is 14.0. The first kappa shape index (κ1) is 15.8. The summed E-state index contributed by atoms with van der Waals surface area (Å²) < 4.78 is 1.79. The fourth-order valence-electron chi connectivity index (χ4n) is 3.00. The third kappa shape index (κ3) is 3.00. The molecule has 1 aromatic carbocycles. The van der Waals surface area contributed by atoms with Crippen LogP contribution < -0.4 is 5.32 Å². The Bertz CT molecular complexity index is 989. The summed E-state index contributed by atoms with van der Waals surface area (Å²) in [5, 5.41) is 16.4. The Labute approximate surface area is 150 Å². The van der Waals surface area contributed by atoms with E-state index in [9.17, 15) is 4.79 Å². The van der Waals surface area contributed by atoms with Crippen LogP contribution in [0.1, 0.15) is 27.3 Å². The largest absolute Gasteiger partial charge is 0.346 e. The Morgan fingerprint density at radius 1 is 1.23 bits per heavy atom. The molecule has 0 aliphatic carbocycles. The van der Waals surface area contributed by atoms with Crippen LogP contribution in [-0.4, -0.2) is 25.6 Å². The quantitative estimate of drug-likeness (QED) is 0.732. The molecule has 128 valence electrons. The fourth-order valence-corrected chi connectivity index (χ4v) is 3.00. The molecule has 2 aromatic heterocycles. The van der Waals surface area contributed by atoms with Crippen molar-refractivity contribution < 1.29 is 4.79 Å². The molecule has 0 saturated heterocycles. The van der Waals surface area contributed by atoms with Crippen molar-refractivity contribution in [1.82, 2.24) is 25.0 Å². The number of carbonyl (C=O) groups is 1. The van der Waals surface area contributed by atoms with Gasteiger partial charge in [0.2, 0.25) is 0 Å². The van der Waals surface area contributed by atoms with E-state index in [1.165, 1.54) is 0 Å². The minimum absolute atomic E-state index is 0.167. The molecule has 26 heavy (non-hydrogen) atoms. The normalized spacial score (nSPS) is 12.5. The molecule has 3 aromatic rings. The maximum atomic E-state index is 12.5. The van der Waals surface area contributed by atoms with Gasteiger partial charge in [-0.15, -0.1) is 0 Å². The molecule has 1 amide bonds. The van der Waals surface area contributed by atoms with Crippen molar-refractivity contribution in [2.24, 2.45) is 0 Å². The minimum atomic E-state index is -0.167. The summed E-state index contributed by atoms with van der Waals surface area (Å²) in [6.45, 7) is 1.48. The van der Waals surface area contributed by atoms with Gasteiger partial charge in [0.05, 0.1) is 42.9 Å². The molecule has 0 saturated carbocycles. The molecule has 7 heteroatoms. The number of nitriles is 1. The first-order valence-corrected chi connectivity index (χ1v) is 8.23. The summed E-state index contributed by atoms with van der Waals surface area (Å²) in [6.07, 6.45) is 5.64. The van der Waals surface area contributed by atoms with Crippen molar-refractivity contribution in [3.63, 3.8) is 0 Å². The second kappa shape index (κ2) is 6.69. The number of fused-ring (bicyclic) bond motifs is 1. The lowest BCUT2D eigenvalue weighted by Gasteiger charge is -2.10. The highest BCUT2D eigenvalue weighted by Gasteiger charge is 2.23. The molecular weight excluding hydrogens is 328 g/mol. The molecule has 0 atom stereocenters. The van der Waals surface area contributed by atoms with E-state index in [1.807, 2.05) is 30.3 Å². The Morgan fingerprint density at radius 3 is 2.96 bits per heavy atom. The number of nitrogens with zero attached hydrogens (tertiary/aromatic N) is 5. The van der Waals surface area contributed by atoms with Crippen LogP contribution in [0.3, 0.4) is 0 Å². The highest BCUT2D eigenvalue weighted by Crippen LogP contribution is 2.24. The van der Waals surface area contributed by atoms with Crippen molar-refractivity contribution in [1.29, 1.82) is 5.26 Å². The highest BCUT2D eigenvalue weighted by atomic mass is 16.1. The Kier molecular flexibility index (Phi) is 4.07. The molecule has 3 heterocycles. The molecule has 0 spiro atoms. The standard InChI is InChI=1S/C19H16N6O/c20-13-24-11-15-9-23-25(18(15)12-24)17-6-3-4-14(8-17)19(26)22-10-16-5-1-2-7-21-16/h1-9H,10-12H2,(H,22,26). The molecule has 1 aliphatic heterocycles. The number of hydrogen-bond donors (Lipinski definition) is 1. The van der Waals surface area contributed by atoms with Crippen LogP contribution in [0.2, 0.25) is 0 Å². The predicted molar refractivity (Wildman–Crippen MR) is 93.8 cm³/mol. The van der Waals surface area contributed by atoms with E-state index in [0.717, 1.165) is 22.6 Å². The first-order chi connectivity index (χ1) is 12.7. The second-order valence-electron chi connectivity index (χ2n) is 6.04. The molecule has 1 aliphatic rings. The number of aromatic nitrogens is 3. The minimum Gasteiger partial charge on any atom is -0.346 e. The number of hydrogen-bond acceptors (Lipinski definition) is 5. The number of carbonyl (C=O) groups excluding carboxylic acids is 1. The Balaban J connectivity index is 1.53. The average molecular weight is 344 g/mol. The summed E-state index contributed by atoms with van der Waals surface area (Å²) in [5.41, 5.74) is 4.18. The topological polar surface area (TPSA) is 86.8 Å². The number of rotatable bonds is 4. The lowest BCUT2D eigenvalue weighted by molar-refractivity contribution is 0.0950. The monoisotopic (exact) mass is 344 g/mol. The Morgan fingerprint density at radius 2 is 2.15 bits per heavy atom. The summed E-state index contributed by atoms with van der Waals surface area (Å²) in [7, 11) is 0. The van der Waals surface area contributed by atoms with Gasteiger partial charge in [-0.1, -0.05) is 12.1 Å². The maximum Gasteiger partial charge on any atom is 0.251 e. The molecular formula is C19H16N6O. The third-order valence-electron chi connectivity index (χ3n) is 4.31. The molecule has 1 N–H and O–H groups in total. The summed E-state index contributed by atoms with van der Waals surface area (Å²) in [5.74, 6) is -0.167. The van der Waals surface area contributed by atoms with E-state index < -0.39 is 0 Å². The smallest absolute Gasteiger partial charge is 0.251 e. The van der Waals surface area contributed by atoms with Crippen LogP contribution in [-0.2, 0) is 19.6 Å². The Hall–Kier alpha value is -3.66. The van der Waals surface area contributed by atoms with Gasteiger partial charge in [0, 0.05) is 17.3 Å². The van der Waals surface area contributed by atoms with Gasteiger partial charge in [-0.3, -0.25) is 9.78 Å². The first-order valence-electron chi connectivity index (χ1n) is 8.23. The van der Waals surface area contributed by atoms with Gasteiger partial charge in [0.25, 0.3) is 5.91 Å². The van der Waals surface area contributed by atoms with E-state index in [2.05, 4.69) is 21.6 Å². The maximum absolute atomic E-state index is 12.5. The zero-order chi connectivity index (χ0) is 17.9. The third-order valence-corrected chi connectivity index (χ3v) is 4.31. The van der Waals surface area contributed by atoms with Crippen LogP contribution in [0.4, 0.5) is 0 Å². The van der Waals surface area contributed by atoms with Crippen LogP contribution in [0.15, 0.2) is 54.9 Å². The number of pyridine rings is 1. The lowest BCUT2D eigenvalue weighted by atomic mass is 10.2. The van der Waals surface area contributed by atoms with E-state index in [-0.39, 0.29) is 5.91 Å². The lowest BCUT2D eigenvalue weighted by Crippen LogP contribution is -2.23. The molecule has 4 rings (SSSR count). The SMILES string of the molecule is N#CN1Cc2cnn(-c3cccc(C(=O)NCc4ccccn4)c3)c2C1. The van der Waals surface area contributed by atoms with Gasteiger partial charge >= 0.3 is 0 Å². The zero-order valence-corrected chi connectivity index (χ0v) is 14.0. The van der Waals surface area contributed by atoms with E-state index >= 15 is 0 Å². The summed E-state index contributed by atoms with van der Waals surface area (Å²) in [4.78, 5) is 18.3. The number of nitrogens with one attached hydrogen (secondary N) is 1. The van der Waals surface area contributed by atoms with Gasteiger partial charge in [0.15, 0.2) is 6.19 Å². The second-order valence-corrected chi connectivity index (χ2v) is 6.04. The van der Waals surface area contributed by atoms with Gasteiger partial charge in [-0.25, -0.2) is 4.68 Å². The van der Waals surface area contributed by atoms with Crippen LogP contribution >= 0.6 is 0 Å². The van der Waals surface area contributed by atoms with Crippen molar-refractivity contribution in [3.05, 3.63) is 77.4 Å². The molecule has 0 radical (unpaired) electrons. The van der Waals surface area contributed by atoms with Crippen LogP contribution in [0.25, 0.3) is 5.69 Å².